The van der Waals surface area contributed by atoms with Gasteiger partial charge in [-0.25, -0.2) is 4.79 Å². The Morgan fingerprint density at radius 2 is 1.77 bits per heavy atom. The minimum Gasteiger partial charge on any atom is -0.497 e. The van der Waals surface area contributed by atoms with E-state index in [4.69, 9.17) is 9.47 Å². The summed E-state index contributed by atoms with van der Waals surface area (Å²) in [6.45, 7) is 6.88. The van der Waals surface area contributed by atoms with Gasteiger partial charge in [0, 0.05) is 30.1 Å². The average molecular weight is 532 g/mol. The van der Waals surface area contributed by atoms with Gasteiger partial charge in [0.15, 0.2) is 0 Å². The molecule has 2 aliphatic heterocycles. The first kappa shape index (κ1) is 26.2. The van der Waals surface area contributed by atoms with Crippen LogP contribution < -0.4 is 9.64 Å². The lowest BCUT2D eigenvalue weighted by Gasteiger charge is -2.49. The Labute approximate surface area is 231 Å². The highest BCUT2D eigenvalue weighted by Gasteiger charge is 2.59. The predicted octanol–water partition coefficient (Wildman–Crippen LogP) is 6.49. The molecule has 4 aliphatic rings. The largest absolute Gasteiger partial charge is 0.497 e. The number of carboxylic acids is 1. The maximum atomic E-state index is 13.1. The number of hydrogen-bond acceptors (Lipinski definition) is 5. The summed E-state index contributed by atoms with van der Waals surface area (Å²) in [5, 5.41) is 10.7. The first-order chi connectivity index (χ1) is 18.6. The SMILES string of the molecule is COc1ccc2c(c1)C1CCC1(C(=O)O)CN1CC(C3CCCCC3)(C2)c2ccc(C(=O)OC(C)(C)C)cc21. The monoisotopic (exact) mass is 531 g/mol. The van der Waals surface area contributed by atoms with Crippen molar-refractivity contribution >= 4 is 17.6 Å². The van der Waals surface area contributed by atoms with Crippen molar-refractivity contribution in [1.29, 1.82) is 0 Å². The zero-order chi connectivity index (χ0) is 27.6. The molecular formula is C33H41NO5. The number of aliphatic carboxylic acids is 1. The fourth-order valence-corrected chi connectivity index (χ4v) is 8.10. The number of nitrogens with zero attached hydrogens (tertiary/aromatic N) is 1. The molecule has 6 nitrogen and oxygen atoms in total. The van der Waals surface area contributed by atoms with Gasteiger partial charge in [-0.05, 0) is 99.7 Å². The van der Waals surface area contributed by atoms with Crippen molar-refractivity contribution in [2.45, 2.75) is 89.1 Å². The van der Waals surface area contributed by atoms with E-state index in [2.05, 4.69) is 23.1 Å². The highest BCUT2D eigenvalue weighted by Crippen LogP contribution is 2.60. The minimum absolute atomic E-state index is 0.0552. The fraction of sp³-hybridized carbons (Fsp3) is 0.576. The van der Waals surface area contributed by atoms with Crippen LogP contribution in [0.5, 0.6) is 5.75 Å². The zero-order valence-electron chi connectivity index (χ0n) is 23.7. The Kier molecular flexibility index (Phi) is 6.24. The summed E-state index contributed by atoms with van der Waals surface area (Å²) < 4.78 is 11.3. The second-order valence-corrected chi connectivity index (χ2v) is 13.4. The lowest BCUT2D eigenvalue weighted by molar-refractivity contribution is -0.155. The normalized spacial score (nSPS) is 28.1. The van der Waals surface area contributed by atoms with Crippen LogP contribution in [-0.2, 0) is 21.4 Å². The third kappa shape index (κ3) is 4.22. The number of rotatable bonds is 4. The van der Waals surface area contributed by atoms with E-state index in [0.717, 1.165) is 36.4 Å². The van der Waals surface area contributed by atoms with E-state index in [0.29, 0.717) is 24.4 Å². The van der Waals surface area contributed by atoms with Gasteiger partial charge in [0.1, 0.15) is 11.4 Å². The lowest BCUT2D eigenvalue weighted by Crippen LogP contribution is -2.53. The van der Waals surface area contributed by atoms with Gasteiger partial charge in [0.25, 0.3) is 0 Å². The summed E-state index contributed by atoms with van der Waals surface area (Å²) in [6, 6.07) is 12.4. The van der Waals surface area contributed by atoms with Gasteiger partial charge >= 0.3 is 11.9 Å². The first-order valence-electron chi connectivity index (χ1n) is 14.6. The summed E-state index contributed by atoms with van der Waals surface area (Å²) in [5.41, 5.74) is 3.64. The Hall–Kier alpha value is -3.02. The number of benzene rings is 2. The molecule has 2 bridgehead atoms. The molecule has 6 rings (SSSR count). The van der Waals surface area contributed by atoms with Crippen LogP contribution in [0.3, 0.4) is 0 Å². The number of fused-ring (bicyclic) bond motifs is 8. The van der Waals surface area contributed by atoms with Crippen molar-refractivity contribution in [1.82, 2.24) is 0 Å². The van der Waals surface area contributed by atoms with Crippen molar-refractivity contribution in [2.24, 2.45) is 11.3 Å². The molecule has 2 aromatic rings. The Balaban J connectivity index is 1.54. The predicted molar refractivity (Wildman–Crippen MR) is 151 cm³/mol. The molecule has 2 fully saturated rings. The molecule has 0 amide bonds. The van der Waals surface area contributed by atoms with E-state index in [1.807, 2.05) is 39.0 Å². The van der Waals surface area contributed by atoms with Crippen molar-refractivity contribution in [3.05, 3.63) is 58.7 Å². The van der Waals surface area contributed by atoms with Gasteiger partial charge in [0.2, 0.25) is 0 Å². The topological polar surface area (TPSA) is 76.1 Å². The van der Waals surface area contributed by atoms with E-state index in [-0.39, 0.29) is 17.3 Å². The van der Waals surface area contributed by atoms with Crippen molar-refractivity contribution in [2.75, 3.05) is 25.1 Å². The van der Waals surface area contributed by atoms with Crippen LogP contribution in [0.25, 0.3) is 0 Å². The molecule has 2 aliphatic carbocycles. The molecule has 39 heavy (non-hydrogen) atoms. The van der Waals surface area contributed by atoms with E-state index in [1.54, 1.807) is 7.11 Å². The van der Waals surface area contributed by atoms with Crippen LogP contribution in [0.4, 0.5) is 5.69 Å². The molecule has 1 N–H and O–H groups in total. The van der Waals surface area contributed by atoms with Gasteiger partial charge in [-0.2, -0.15) is 0 Å². The maximum absolute atomic E-state index is 13.1. The van der Waals surface area contributed by atoms with Gasteiger partial charge in [-0.1, -0.05) is 31.4 Å². The second kappa shape index (κ2) is 9.28. The number of carboxylic acid groups (broad SMARTS) is 1. The number of hydrogen-bond donors (Lipinski definition) is 1. The third-order valence-corrected chi connectivity index (χ3v) is 10.0. The molecule has 6 heteroatoms. The maximum Gasteiger partial charge on any atom is 0.338 e. The van der Waals surface area contributed by atoms with Crippen LogP contribution in [0.2, 0.25) is 0 Å². The standard InChI is InChI=1S/C33H41NO5/c1-31(2,3)39-29(35)21-11-13-27-28(16-21)34-19-32(30(36)37)15-14-26(32)25-17-24(38-4)12-10-22(25)18-33(27,20-34)23-8-6-5-7-9-23/h10-13,16-17,23,26H,5-9,14-15,18-20H2,1-4H3,(H,36,37). The Morgan fingerprint density at radius 3 is 2.41 bits per heavy atom. The molecule has 3 atom stereocenters. The van der Waals surface area contributed by atoms with Gasteiger partial charge in [0.05, 0.1) is 18.1 Å². The van der Waals surface area contributed by atoms with E-state index >= 15 is 0 Å². The average Bonchev–Trinajstić information content (AvgIpc) is 3.21. The van der Waals surface area contributed by atoms with Crippen molar-refractivity contribution in [3.63, 3.8) is 0 Å². The molecule has 2 aromatic carbocycles. The van der Waals surface area contributed by atoms with Crippen molar-refractivity contribution in [3.8, 4) is 5.75 Å². The molecule has 0 saturated heterocycles. The van der Waals surface area contributed by atoms with Gasteiger partial charge < -0.3 is 19.5 Å². The summed E-state index contributed by atoms with van der Waals surface area (Å²) in [6.07, 6.45) is 8.49. The minimum atomic E-state index is -0.868. The van der Waals surface area contributed by atoms with Gasteiger partial charge in [-0.15, -0.1) is 0 Å². The van der Waals surface area contributed by atoms with Crippen LogP contribution in [-0.4, -0.2) is 42.8 Å². The van der Waals surface area contributed by atoms with E-state index < -0.39 is 17.0 Å². The summed E-state index contributed by atoms with van der Waals surface area (Å²) in [5.74, 6) is 0.182. The molecule has 0 aromatic heterocycles. The van der Waals surface area contributed by atoms with Crippen LogP contribution in [0, 0.1) is 11.3 Å². The highest BCUT2D eigenvalue weighted by atomic mass is 16.6. The lowest BCUT2D eigenvalue weighted by atomic mass is 9.56. The van der Waals surface area contributed by atoms with Crippen molar-refractivity contribution < 1.29 is 24.2 Å². The number of esters is 1. The number of anilines is 1. The van der Waals surface area contributed by atoms with Crippen LogP contribution in [0.1, 0.15) is 98.7 Å². The number of carbonyl (C=O) groups excluding carboxylic acids is 1. The molecule has 0 spiro atoms. The summed E-state index contributed by atoms with van der Waals surface area (Å²) in [4.78, 5) is 28.5. The molecule has 3 unspecified atom stereocenters. The number of ether oxygens (including phenoxy) is 2. The molecule has 2 heterocycles. The molecule has 0 radical (unpaired) electrons. The third-order valence-electron chi connectivity index (χ3n) is 10.0. The second-order valence-electron chi connectivity index (χ2n) is 13.4. The first-order valence-corrected chi connectivity index (χ1v) is 14.6. The van der Waals surface area contributed by atoms with E-state index in [9.17, 15) is 14.7 Å². The smallest absolute Gasteiger partial charge is 0.338 e. The summed E-state index contributed by atoms with van der Waals surface area (Å²) in [7, 11) is 1.68. The molecule has 208 valence electrons. The Morgan fingerprint density at radius 1 is 1.00 bits per heavy atom. The fourth-order valence-electron chi connectivity index (χ4n) is 8.10. The molecule has 2 saturated carbocycles. The molecular weight excluding hydrogens is 490 g/mol. The Bertz CT molecular complexity index is 1310. The van der Waals surface area contributed by atoms with Crippen LogP contribution >= 0.6 is 0 Å². The van der Waals surface area contributed by atoms with E-state index in [1.165, 1.54) is 43.2 Å². The number of carbonyl (C=O) groups is 2. The highest BCUT2D eigenvalue weighted by molar-refractivity contribution is 5.92. The summed E-state index contributed by atoms with van der Waals surface area (Å²) >= 11 is 0. The van der Waals surface area contributed by atoms with Crippen LogP contribution in [0.15, 0.2) is 36.4 Å². The number of methoxy groups -OCH3 is 1. The zero-order valence-corrected chi connectivity index (χ0v) is 23.7. The van der Waals surface area contributed by atoms with Gasteiger partial charge in [-0.3, -0.25) is 4.79 Å². The quantitative estimate of drug-likeness (QED) is 0.454.